The van der Waals surface area contributed by atoms with Gasteiger partial charge in [-0.05, 0) is 35.2 Å². The van der Waals surface area contributed by atoms with Crippen LogP contribution in [0.25, 0.3) is 16.6 Å². The van der Waals surface area contributed by atoms with Crippen molar-refractivity contribution in [1.82, 2.24) is 9.88 Å². The van der Waals surface area contributed by atoms with Gasteiger partial charge in [0.1, 0.15) is 5.75 Å². The van der Waals surface area contributed by atoms with Gasteiger partial charge in [-0.2, -0.15) is 0 Å². The van der Waals surface area contributed by atoms with Crippen LogP contribution in [0.15, 0.2) is 53.2 Å². The number of benzene rings is 1. The average Bonchev–Trinajstić information content (AvgIpc) is 3.37. The zero-order valence-electron chi connectivity index (χ0n) is 15.4. The third-order valence-electron chi connectivity index (χ3n) is 3.79. The van der Waals surface area contributed by atoms with Crippen molar-refractivity contribution in [2.45, 2.75) is 0 Å². The molecule has 3 rings (SSSR count). The van der Waals surface area contributed by atoms with Crippen LogP contribution in [0, 0.1) is 0 Å². The van der Waals surface area contributed by atoms with Gasteiger partial charge in [0.2, 0.25) is 11.8 Å². The number of ether oxygens (including phenoxy) is 1. The number of thiazole rings is 1. The predicted octanol–water partition coefficient (Wildman–Crippen LogP) is 3.99. The lowest BCUT2D eigenvalue weighted by atomic mass is 10.2. The number of carbonyl (C=O) groups is 2. The van der Waals surface area contributed by atoms with Crippen molar-refractivity contribution in [1.29, 1.82) is 0 Å². The maximum absolute atomic E-state index is 12.2. The molecule has 0 spiro atoms. The van der Waals surface area contributed by atoms with E-state index in [1.165, 1.54) is 22.3 Å². The number of carbonyl (C=O) groups excluding carboxylic acids is 2. The lowest BCUT2D eigenvalue weighted by molar-refractivity contribution is -0.129. The zero-order chi connectivity index (χ0) is 19.9. The first-order valence-electron chi connectivity index (χ1n) is 8.41. The number of aromatic nitrogens is 1. The van der Waals surface area contributed by atoms with E-state index in [9.17, 15) is 9.59 Å². The lowest BCUT2D eigenvalue weighted by Crippen LogP contribution is -2.33. The molecule has 8 heteroatoms. The van der Waals surface area contributed by atoms with Gasteiger partial charge >= 0.3 is 0 Å². The van der Waals surface area contributed by atoms with Gasteiger partial charge in [-0.1, -0.05) is 18.2 Å². The van der Waals surface area contributed by atoms with E-state index < -0.39 is 0 Å². The second-order valence-corrected chi connectivity index (χ2v) is 7.67. The summed E-state index contributed by atoms with van der Waals surface area (Å²) in [4.78, 5) is 31.2. The second kappa shape index (κ2) is 9.29. The summed E-state index contributed by atoms with van der Waals surface area (Å²) < 4.78 is 5.16. The van der Waals surface area contributed by atoms with Crippen LogP contribution in [0.1, 0.15) is 5.56 Å². The van der Waals surface area contributed by atoms with Crippen LogP contribution in [-0.4, -0.2) is 42.4 Å². The summed E-state index contributed by atoms with van der Waals surface area (Å²) in [5.74, 6) is 0.154. The van der Waals surface area contributed by atoms with Crippen LogP contribution in [0.3, 0.4) is 0 Å². The molecule has 0 aliphatic rings. The standard InChI is InChI=1S/C20H19N3O3S2/c1-23(19(25)9-8-14-5-3-6-15(11-14)26-2)12-18(24)22-20-21-16(13-28-20)17-7-4-10-27-17/h3-11,13H,12H2,1-2H3,(H,21,22,24)/b9-8+. The Balaban J connectivity index is 1.53. The topological polar surface area (TPSA) is 71.5 Å². The molecule has 0 bridgehead atoms. The molecule has 0 aliphatic carbocycles. The number of hydrogen-bond donors (Lipinski definition) is 1. The van der Waals surface area contributed by atoms with Crippen LogP contribution in [-0.2, 0) is 9.59 Å². The number of thiophene rings is 1. The van der Waals surface area contributed by atoms with Crippen molar-refractivity contribution in [2.24, 2.45) is 0 Å². The van der Waals surface area contributed by atoms with Crippen LogP contribution >= 0.6 is 22.7 Å². The molecule has 1 aromatic carbocycles. The van der Waals surface area contributed by atoms with E-state index in [1.807, 2.05) is 47.2 Å². The monoisotopic (exact) mass is 413 g/mol. The van der Waals surface area contributed by atoms with E-state index in [0.29, 0.717) is 10.9 Å². The number of likely N-dealkylation sites (N-methyl/N-ethyl adjacent to an activating group) is 1. The van der Waals surface area contributed by atoms with E-state index in [-0.39, 0.29) is 18.4 Å². The Bertz CT molecular complexity index is 980. The molecular weight excluding hydrogens is 394 g/mol. The highest BCUT2D eigenvalue weighted by molar-refractivity contribution is 7.16. The Morgan fingerprint density at radius 2 is 2.11 bits per heavy atom. The maximum Gasteiger partial charge on any atom is 0.246 e. The fraction of sp³-hybridized carbons (Fsp3) is 0.150. The van der Waals surface area contributed by atoms with Crippen molar-refractivity contribution in [3.05, 3.63) is 58.8 Å². The van der Waals surface area contributed by atoms with Crippen LogP contribution < -0.4 is 10.1 Å². The molecule has 0 radical (unpaired) electrons. The summed E-state index contributed by atoms with van der Waals surface area (Å²) in [6, 6.07) is 11.3. The molecule has 0 aliphatic heterocycles. The molecule has 0 saturated heterocycles. The van der Waals surface area contributed by atoms with E-state index in [1.54, 1.807) is 31.6 Å². The molecule has 6 nitrogen and oxygen atoms in total. The smallest absolute Gasteiger partial charge is 0.246 e. The summed E-state index contributed by atoms with van der Waals surface area (Å²) in [6.45, 7) is -0.0603. The molecule has 0 saturated carbocycles. The molecule has 0 fully saturated rings. The summed E-state index contributed by atoms with van der Waals surface area (Å²) in [5.41, 5.74) is 1.68. The van der Waals surface area contributed by atoms with Crippen LogP contribution in [0.5, 0.6) is 5.75 Å². The lowest BCUT2D eigenvalue weighted by Gasteiger charge is -2.14. The number of methoxy groups -OCH3 is 1. The Kier molecular flexibility index (Phi) is 6.57. The normalized spacial score (nSPS) is 10.8. The third kappa shape index (κ3) is 5.28. The van der Waals surface area contributed by atoms with E-state index >= 15 is 0 Å². The minimum Gasteiger partial charge on any atom is -0.497 e. The molecule has 2 aromatic heterocycles. The highest BCUT2D eigenvalue weighted by Gasteiger charge is 2.13. The summed E-state index contributed by atoms with van der Waals surface area (Å²) >= 11 is 2.95. The quantitative estimate of drug-likeness (QED) is 0.595. The van der Waals surface area contributed by atoms with Crippen molar-refractivity contribution < 1.29 is 14.3 Å². The number of anilines is 1. The Labute approximate surface area is 171 Å². The first-order chi connectivity index (χ1) is 13.5. The third-order valence-corrected chi connectivity index (χ3v) is 5.44. The molecule has 1 N–H and O–H groups in total. The summed E-state index contributed by atoms with van der Waals surface area (Å²) in [6.07, 6.45) is 3.12. The van der Waals surface area contributed by atoms with E-state index in [2.05, 4.69) is 10.3 Å². The Morgan fingerprint density at radius 1 is 1.25 bits per heavy atom. The van der Waals surface area contributed by atoms with E-state index in [4.69, 9.17) is 4.74 Å². The zero-order valence-corrected chi connectivity index (χ0v) is 17.0. The average molecular weight is 414 g/mol. The van der Waals surface area contributed by atoms with E-state index in [0.717, 1.165) is 16.1 Å². The van der Waals surface area contributed by atoms with Crippen molar-refractivity contribution in [2.75, 3.05) is 26.0 Å². The Morgan fingerprint density at radius 3 is 2.86 bits per heavy atom. The van der Waals surface area contributed by atoms with Gasteiger partial charge in [-0.15, -0.1) is 22.7 Å². The number of nitrogens with one attached hydrogen (secondary N) is 1. The van der Waals surface area contributed by atoms with Gasteiger partial charge in [0, 0.05) is 18.5 Å². The largest absolute Gasteiger partial charge is 0.497 e. The van der Waals surface area contributed by atoms with Crippen molar-refractivity contribution in [3.63, 3.8) is 0 Å². The summed E-state index contributed by atoms with van der Waals surface area (Å²) in [5, 5.41) is 7.13. The first-order valence-corrected chi connectivity index (χ1v) is 10.2. The van der Waals surface area contributed by atoms with Gasteiger partial charge in [0.25, 0.3) is 0 Å². The Hall–Kier alpha value is -2.97. The SMILES string of the molecule is COc1cccc(/C=C/C(=O)N(C)CC(=O)Nc2nc(-c3cccs3)cs2)c1. The van der Waals surface area contributed by atoms with Gasteiger partial charge in [0.15, 0.2) is 5.13 Å². The number of rotatable bonds is 7. The van der Waals surface area contributed by atoms with Gasteiger partial charge in [-0.25, -0.2) is 4.98 Å². The maximum atomic E-state index is 12.2. The summed E-state index contributed by atoms with van der Waals surface area (Å²) in [7, 11) is 3.17. The molecule has 2 amide bonds. The van der Waals surface area contributed by atoms with Crippen molar-refractivity contribution >= 4 is 45.7 Å². The second-order valence-electron chi connectivity index (χ2n) is 5.87. The molecule has 2 heterocycles. The molecule has 0 unspecified atom stereocenters. The molecule has 28 heavy (non-hydrogen) atoms. The fourth-order valence-corrected chi connectivity index (χ4v) is 3.85. The van der Waals surface area contributed by atoms with Gasteiger partial charge in [-0.3, -0.25) is 9.59 Å². The highest BCUT2D eigenvalue weighted by Crippen LogP contribution is 2.28. The van der Waals surface area contributed by atoms with Gasteiger partial charge in [0.05, 0.1) is 24.2 Å². The number of nitrogens with zero attached hydrogens (tertiary/aromatic N) is 2. The fourth-order valence-electron chi connectivity index (χ4n) is 2.36. The van der Waals surface area contributed by atoms with Gasteiger partial charge < -0.3 is 15.0 Å². The minimum absolute atomic E-state index is 0.0603. The number of hydrogen-bond acceptors (Lipinski definition) is 6. The molecule has 0 atom stereocenters. The predicted molar refractivity (Wildman–Crippen MR) is 114 cm³/mol. The van der Waals surface area contributed by atoms with Crippen molar-refractivity contribution in [3.8, 4) is 16.3 Å². The molecule has 3 aromatic rings. The number of amides is 2. The van der Waals surface area contributed by atoms with Crippen LogP contribution in [0.4, 0.5) is 5.13 Å². The van der Waals surface area contributed by atoms with Crippen LogP contribution in [0.2, 0.25) is 0 Å². The molecule has 144 valence electrons. The molecular formula is C20H19N3O3S2. The first kappa shape index (κ1) is 19.8. The highest BCUT2D eigenvalue weighted by atomic mass is 32.1. The minimum atomic E-state index is -0.294.